The van der Waals surface area contributed by atoms with Crippen LogP contribution in [0.15, 0.2) is 35.3 Å². The van der Waals surface area contributed by atoms with Gasteiger partial charge in [-0.2, -0.15) is 0 Å². The highest BCUT2D eigenvalue weighted by molar-refractivity contribution is 14.0. The second-order valence-corrected chi connectivity index (χ2v) is 4.78. The molecule has 0 aromatic heterocycles. The Labute approximate surface area is 157 Å². The highest BCUT2D eigenvalue weighted by Gasteiger charge is 1.97. The van der Waals surface area contributed by atoms with Crippen LogP contribution in [0.1, 0.15) is 25.8 Å². The number of nitrogens with one attached hydrogen (secondary N) is 2. The summed E-state index contributed by atoms with van der Waals surface area (Å²) in [4.78, 5) is 4.50. The van der Waals surface area contributed by atoms with Crippen LogP contribution in [0.3, 0.4) is 0 Å². The maximum atomic E-state index is 5.64. The average Bonchev–Trinajstić information content (AvgIpc) is 2.55. The third-order valence-corrected chi connectivity index (χ3v) is 2.92. The van der Waals surface area contributed by atoms with Crippen molar-refractivity contribution in [1.82, 2.24) is 10.6 Å². The molecule has 0 amide bonds. The number of rotatable bonds is 11. The van der Waals surface area contributed by atoms with E-state index < -0.39 is 0 Å². The standard InChI is InChI=1S/C17H29N3O2.HI/c1-3-18-17(19-11-8-13-21-4-2)20-12-14-22-15-16-9-6-5-7-10-16;/h5-7,9-10H,3-4,8,11-15H2,1-2H3,(H2,18,19,20);1H. The van der Waals surface area contributed by atoms with Crippen molar-refractivity contribution in [2.24, 2.45) is 4.99 Å². The molecule has 0 fully saturated rings. The molecule has 5 nitrogen and oxygen atoms in total. The molecule has 0 saturated carbocycles. The van der Waals surface area contributed by atoms with Crippen molar-refractivity contribution in [3.05, 3.63) is 35.9 Å². The smallest absolute Gasteiger partial charge is 0.191 e. The lowest BCUT2D eigenvalue weighted by Crippen LogP contribution is -2.39. The number of ether oxygens (including phenoxy) is 2. The van der Waals surface area contributed by atoms with Crippen LogP contribution in [0.2, 0.25) is 0 Å². The number of hydrogen-bond donors (Lipinski definition) is 2. The molecule has 1 rings (SSSR count). The van der Waals surface area contributed by atoms with E-state index in [0.29, 0.717) is 13.2 Å². The van der Waals surface area contributed by atoms with Crippen LogP contribution in [0.25, 0.3) is 0 Å². The van der Waals surface area contributed by atoms with Gasteiger partial charge in [0.1, 0.15) is 0 Å². The number of halogens is 1. The van der Waals surface area contributed by atoms with E-state index in [9.17, 15) is 0 Å². The Morgan fingerprint density at radius 1 is 1.04 bits per heavy atom. The first-order valence-corrected chi connectivity index (χ1v) is 8.08. The highest BCUT2D eigenvalue weighted by atomic mass is 127. The van der Waals surface area contributed by atoms with Gasteiger partial charge in [0, 0.05) is 32.8 Å². The molecular weight excluding hydrogens is 405 g/mol. The van der Waals surface area contributed by atoms with Gasteiger partial charge in [0.15, 0.2) is 5.96 Å². The molecular formula is C17H30IN3O2. The summed E-state index contributed by atoms with van der Waals surface area (Å²) >= 11 is 0. The average molecular weight is 435 g/mol. The van der Waals surface area contributed by atoms with Crippen LogP contribution in [-0.2, 0) is 16.1 Å². The number of nitrogens with zero attached hydrogens (tertiary/aromatic N) is 1. The molecule has 6 heteroatoms. The van der Waals surface area contributed by atoms with E-state index in [-0.39, 0.29) is 24.0 Å². The molecule has 0 spiro atoms. The van der Waals surface area contributed by atoms with Crippen molar-refractivity contribution in [2.75, 3.05) is 39.5 Å². The summed E-state index contributed by atoms with van der Waals surface area (Å²) in [5.74, 6) is 0.835. The fraction of sp³-hybridized carbons (Fsp3) is 0.588. The summed E-state index contributed by atoms with van der Waals surface area (Å²) in [5.41, 5.74) is 1.19. The van der Waals surface area contributed by atoms with E-state index in [1.807, 2.05) is 25.1 Å². The number of aliphatic imine (C=N–C) groups is 1. The van der Waals surface area contributed by atoms with Gasteiger partial charge >= 0.3 is 0 Å². The van der Waals surface area contributed by atoms with Crippen molar-refractivity contribution in [1.29, 1.82) is 0 Å². The second-order valence-electron chi connectivity index (χ2n) is 4.78. The normalized spacial score (nSPS) is 11.0. The molecule has 1 aromatic rings. The Morgan fingerprint density at radius 2 is 1.83 bits per heavy atom. The van der Waals surface area contributed by atoms with Gasteiger partial charge in [-0.3, -0.25) is 4.99 Å². The largest absolute Gasteiger partial charge is 0.382 e. The maximum absolute atomic E-state index is 5.64. The summed E-state index contributed by atoms with van der Waals surface area (Å²) < 4.78 is 10.9. The van der Waals surface area contributed by atoms with Gasteiger partial charge < -0.3 is 20.1 Å². The molecule has 0 aliphatic carbocycles. The molecule has 0 atom stereocenters. The number of benzene rings is 1. The first kappa shape index (κ1) is 22.1. The Kier molecular flexibility index (Phi) is 15.4. The lowest BCUT2D eigenvalue weighted by molar-refractivity contribution is 0.125. The summed E-state index contributed by atoms with van der Waals surface area (Å²) in [6.45, 7) is 9.24. The van der Waals surface area contributed by atoms with E-state index in [0.717, 1.165) is 45.2 Å². The zero-order valence-electron chi connectivity index (χ0n) is 14.2. The van der Waals surface area contributed by atoms with Crippen LogP contribution >= 0.6 is 24.0 Å². The summed E-state index contributed by atoms with van der Waals surface area (Å²) in [6.07, 6.45) is 0.939. The second kappa shape index (κ2) is 16.0. The predicted molar refractivity (Wildman–Crippen MR) is 107 cm³/mol. The molecule has 0 unspecified atom stereocenters. The Hall–Kier alpha value is -0.860. The molecule has 1 aromatic carbocycles. The summed E-state index contributed by atoms with van der Waals surface area (Å²) in [7, 11) is 0. The zero-order chi connectivity index (χ0) is 15.9. The van der Waals surface area contributed by atoms with Crippen LogP contribution in [0.4, 0.5) is 0 Å². The SMILES string of the molecule is CCNC(=NCCCOCC)NCCOCc1ccccc1.I. The third kappa shape index (κ3) is 12.3. The van der Waals surface area contributed by atoms with Crippen LogP contribution in [0.5, 0.6) is 0 Å². The topological polar surface area (TPSA) is 54.9 Å². The van der Waals surface area contributed by atoms with Crippen molar-refractivity contribution in [3.63, 3.8) is 0 Å². The third-order valence-electron chi connectivity index (χ3n) is 2.92. The molecule has 2 N–H and O–H groups in total. The minimum Gasteiger partial charge on any atom is -0.382 e. The molecule has 0 heterocycles. The number of hydrogen-bond acceptors (Lipinski definition) is 3. The van der Waals surface area contributed by atoms with E-state index in [1.165, 1.54) is 5.56 Å². The van der Waals surface area contributed by atoms with Crippen molar-refractivity contribution >= 4 is 29.9 Å². The molecule has 132 valence electrons. The predicted octanol–water partition coefficient (Wildman–Crippen LogP) is 2.80. The Bertz CT molecular complexity index is 402. The maximum Gasteiger partial charge on any atom is 0.191 e. The van der Waals surface area contributed by atoms with Gasteiger partial charge in [-0.15, -0.1) is 24.0 Å². The first-order valence-electron chi connectivity index (χ1n) is 8.08. The van der Waals surface area contributed by atoms with Crippen molar-refractivity contribution < 1.29 is 9.47 Å². The zero-order valence-corrected chi connectivity index (χ0v) is 16.5. The summed E-state index contributed by atoms with van der Waals surface area (Å²) in [6, 6.07) is 10.2. The minimum atomic E-state index is 0. The van der Waals surface area contributed by atoms with E-state index in [2.05, 4.69) is 34.7 Å². The van der Waals surface area contributed by atoms with Gasteiger partial charge in [0.05, 0.1) is 13.2 Å². The van der Waals surface area contributed by atoms with Crippen molar-refractivity contribution in [2.45, 2.75) is 26.9 Å². The molecule has 0 radical (unpaired) electrons. The van der Waals surface area contributed by atoms with Gasteiger partial charge in [-0.1, -0.05) is 30.3 Å². The minimum absolute atomic E-state index is 0. The first-order chi connectivity index (χ1) is 10.9. The van der Waals surface area contributed by atoms with Gasteiger partial charge in [0.2, 0.25) is 0 Å². The van der Waals surface area contributed by atoms with Gasteiger partial charge in [0.25, 0.3) is 0 Å². The van der Waals surface area contributed by atoms with Gasteiger partial charge in [-0.05, 0) is 25.8 Å². The van der Waals surface area contributed by atoms with Crippen molar-refractivity contribution in [3.8, 4) is 0 Å². The lowest BCUT2D eigenvalue weighted by Gasteiger charge is -2.11. The quantitative estimate of drug-likeness (QED) is 0.243. The van der Waals surface area contributed by atoms with Crippen LogP contribution in [0, 0.1) is 0 Å². The lowest BCUT2D eigenvalue weighted by atomic mass is 10.2. The number of guanidine groups is 1. The van der Waals surface area contributed by atoms with Gasteiger partial charge in [-0.25, -0.2) is 0 Å². The fourth-order valence-corrected chi connectivity index (χ4v) is 1.85. The van der Waals surface area contributed by atoms with E-state index in [4.69, 9.17) is 9.47 Å². The monoisotopic (exact) mass is 435 g/mol. The summed E-state index contributed by atoms with van der Waals surface area (Å²) in [5, 5.41) is 6.50. The highest BCUT2D eigenvalue weighted by Crippen LogP contribution is 1.99. The van der Waals surface area contributed by atoms with Crippen LogP contribution in [-0.4, -0.2) is 45.4 Å². The van der Waals surface area contributed by atoms with E-state index >= 15 is 0 Å². The Balaban J connectivity index is 0.00000484. The molecule has 0 bridgehead atoms. The molecule has 0 aliphatic rings. The Morgan fingerprint density at radius 3 is 2.52 bits per heavy atom. The fourth-order valence-electron chi connectivity index (χ4n) is 1.85. The van der Waals surface area contributed by atoms with Crippen LogP contribution < -0.4 is 10.6 Å². The molecule has 0 saturated heterocycles. The molecule has 0 aliphatic heterocycles. The van der Waals surface area contributed by atoms with E-state index in [1.54, 1.807) is 0 Å². The molecule has 23 heavy (non-hydrogen) atoms.